The highest BCUT2D eigenvalue weighted by Crippen LogP contribution is 2.36. The number of hydrogen-bond acceptors (Lipinski definition) is 3. The van der Waals surface area contributed by atoms with Gasteiger partial charge in [-0.05, 0) is 74.2 Å². The summed E-state index contributed by atoms with van der Waals surface area (Å²) in [5.74, 6) is -0.336. The van der Waals surface area contributed by atoms with Crippen molar-refractivity contribution in [2.24, 2.45) is 5.92 Å². The number of sulfonamides is 1. The van der Waals surface area contributed by atoms with E-state index in [1.54, 1.807) is 12.1 Å². The number of benzene rings is 2. The monoisotopic (exact) mass is 496 g/mol. The van der Waals surface area contributed by atoms with Crippen molar-refractivity contribution in [2.75, 3.05) is 18.0 Å². The van der Waals surface area contributed by atoms with Crippen molar-refractivity contribution in [3.8, 4) is 0 Å². The minimum absolute atomic E-state index is 0.00887. The number of carbonyl (C=O) groups is 1. The Hall–Kier alpha value is -1.41. The van der Waals surface area contributed by atoms with E-state index in [0.29, 0.717) is 24.4 Å². The summed E-state index contributed by atoms with van der Waals surface area (Å²) in [6, 6.07) is 12.2. The summed E-state index contributed by atoms with van der Waals surface area (Å²) >= 11 is 9.38. The highest BCUT2D eigenvalue weighted by atomic mass is 79.9. The van der Waals surface area contributed by atoms with E-state index in [2.05, 4.69) is 22.0 Å². The second-order valence-electron chi connectivity index (χ2n) is 7.69. The van der Waals surface area contributed by atoms with E-state index < -0.39 is 10.0 Å². The Labute approximate surface area is 184 Å². The van der Waals surface area contributed by atoms with Crippen LogP contribution in [-0.4, -0.2) is 37.8 Å². The first-order valence-corrected chi connectivity index (χ1v) is 12.3. The molecule has 2 heterocycles. The van der Waals surface area contributed by atoms with Gasteiger partial charge in [-0.15, -0.1) is 0 Å². The van der Waals surface area contributed by atoms with Crippen LogP contribution in [0.25, 0.3) is 0 Å². The minimum Gasteiger partial charge on any atom is -0.309 e. The van der Waals surface area contributed by atoms with Gasteiger partial charge in [0, 0.05) is 34.3 Å². The van der Waals surface area contributed by atoms with Crippen LogP contribution in [0, 0.1) is 5.92 Å². The van der Waals surface area contributed by atoms with Crippen molar-refractivity contribution in [3.63, 3.8) is 0 Å². The van der Waals surface area contributed by atoms with Crippen LogP contribution in [0.1, 0.15) is 25.3 Å². The molecular formula is C21H22BrClN2O3S. The number of nitrogens with zero attached hydrogens (tertiary/aromatic N) is 2. The van der Waals surface area contributed by atoms with Gasteiger partial charge in [0.05, 0.1) is 10.8 Å². The van der Waals surface area contributed by atoms with Gasteiger partial charge in [-0.2, -0.15) is 4.31 Å². The highest BCUT2D eigenvalue weighted by molar-refractivity contribution is 9.10. The third kappa shape index (κ3) is 3.98. The van der Waals surface area contributed by atoms with Gasteiger partial charge >= 0.3 is 0 Å². The molecule has 1 saturated heterocycles. The Morgan fingerprint density at radius 3 is 2.62 bits per heavy atom. The Morgan fingerprint density at radius 1 is 1.17 bits per heavy atom. The molecule has 154 valence electrons. The van der Waals surface area contributed by atoms with E-state index in [1.165, 1.54) is 16.4 Å². The van der Waals surface area contributed by atoms with Crippen molar-refractivity contribution in [1.82, 2.24) is 4.31 Å². The average molecular weight is 498 g/mol. The molecule has 2 aromatic rings. The number of halogens is 2. The number of hydrogen-bond donors (Lipinski definition) is 0. The largest absolute Gasteiger partial charge is 0.309 e. The summed E-state index contributed by atoms with van der Waals surface area (Å²) < 4.78 is 28.5. The van der Waals surface area contributed by atoms with Gasteiger partial charge in [-0.25, -0.2) is 8.42 Å². The Bertz CT molecular complexity index is 1040. The Balaban J connectivity index is 1.56. The van der Waals surface area contributed by atoms with Crippen LogP contribution in [-0.2, 0) is 21.2 Å². The highest BCUT2D eigenvalue weighted by Gasteiger charge is 2.39. The Morgan fingerprint density at radius 2 is 1.90 bits per heavy atom. The molecule has 0 unspecified atom stereocenters. The average Bonchev–Trinajstić information content (AvgIpc) is 3.02. The third-order valence-electron chi connectivity index (χ3n) is 5.68. The molecule has 2 atom stereocenters. The summed E-state index contributed by atoms with van der Waals surface area (Å²) in [6.07, 6.45) is 2.17. The lowest BCUT2D eigenvalue weighted by Crippen LogP contribution is -2.48. The molecule has 2 aliphatic rings. The zero-order chi connectivity index (χ0) is 20.8. The number of piperidine rings is 1. The molecule has 2 aliphatic heterocycles. The second-order valence-corrected chi connectivity index (χ2v) is 11.0. The molecule has 1 fully saturated rings. The maximum Gasteiger partial charge on any atom is 0.243 e. The predicted molar refractivity (Wildman–Crippen MR) is 118 cm³/mol. The fourth-order valence-electron chi connectivity index (χ4n) is 4.25. The predicted octanol–water partition coefficient (Wildman–Crippen LogP) is 4.48. The molecule has 0 radical (unpaired) electrons. The van der Waals surface area contributed by atoms with Gasteiger partial charge in [0.1, 0.15) is 0 Å². The molecule has 2 aromatic carbocycles. The van der Waals surface area contributed by atoms with Crippen LogP contribution in [0.5, 0.6) is 0 Å². The molecular weight excluding hydrogens is 476 g/mol. The SMILES string of the molecule is C[C@@H]1Cc2cc(Br)ccc2N1C(=O)[C@@H]1CCCN(S(=O)(=O)c2ccc(Cl)cc2)C1. The number of carbonyl (C=O) groups excluding carboxylic acids is 1. The first-order valence-electron chi connectivity index (χ1n) is 9.64. The van der Waals surface area contributed by atoms with E-state index in [9.17, 15) is 13.2 Å². The van der Waals surface area contributed by atoms with Crippen LogP contribution >= 0.6 is 27.5 Å². The van der Waals surface area contributed by atoms with Gasteiger partial charge in [0.2, 0.25) is 15.9 Å². The van der Waals surface area contributed by atoms with Crippen LogP contribution in [0.4, 0.5) is 5.69 Å². The first kappa shape index (κ1) is 20.8. The van der Waals surface area contributed by atoms with E-state index in [-0.39, 0.29) is 29.3 Å². The molecule has 1 amide bonds. The van der Waals surface area contributed by atoms with Gasteiger partial charge in [0.25, 0.3) is 0 Å². The summed E-state index contributed by atoms with van der Waals surface area (Å²) in [4.78, 5) is 15.4. The van der Waals surface area contributed by atoms with Crippen molar-refractivity contribution >= 4 is 49.1 Å². The number of amides is 1. The normalized spacial score (nSPS) is 22.5. The molecule has 5 nitrogen and oxygen atoms in total. The quantitative estimate of drug-likeness (QED) is 0.628. The molecule has 29 heavy (non-hydrogen) atoms. The number of rotatable bonds is 3. The first-order chi connectivity index (χ1) is 13.8. The molecule has 0 aromatic heterocycles. The smallest absolute Gasteiger partial charge is 0.243 e. The van der Waals surface area contributed by atoms with Crippen molar-refractivity contribution < 1.29 is 13.2 Å². The molecule has 0 N–H and O–H groups in total. The zero-order valence-electron chi connectivity index (χ0n) is 16.0. The molecule has 4 rings (SSSR count). The van der Waals surface area contributed by atoms with Crippen LogP contribution < -0.4 is 4.90 Å². The zero-order valence-corrected chi connectivity index (χ0v) is 19.2. The van der Waals surface area contributed by atoms with Gasteiger partial charge in [-0.1, -0.05) is 27.5 Å². The molecule has 0 saturated carbocycles. The second kappa shape index (κ2) is 8.02. The molecule has 8 heteroatoms. The van der Waals surface area contributed by atoms with E-state index in [4.69, 9.17) is 11.6 Å². The lowest BCUT2D eigenvalue weighted by molar-refractivity contribution is -0.123. The summed E-state index contributed by atoms with van der Waals surface area (Å²) in [7, 11) is -3.65. The summed E-state index contributed by atoms with van der Waals surface area (Å²) in [5, 5.41) is 0.490. The van der Waals surface area contributed by atoms with E-state index in [1.807, 2.05) is 24.0 Å². The van der Waals surface area contributed by atoms with Crippen molar-refractivity contribution in [1.29, 1.82) is 0 Å². The number of anilines is 1. The maximum atomic E-state index is 13.4. The van der Waals surface area contributed by atoms with Crippen molar-refractivity contribution in [3.05, 3.63) is 57.5 Å². The van der Waals surface area contributed by atoms with Gasteiger partial charge < -0.3 is 4.90 Å². The van der Waals surface area contributed by atoms with Crippen LogP contribution in [0.3, 0.4) is 0 Å². The molecule has 0 bridgehead atoms. The lowest BCUT2D eigenvalue weighted by Gasteiger charge is -2.34. The van der Waals surface area contributed by atoms with Crippen molar-refractivity contribution in [2.45, 2.75) is 37.1 Å². The summed E-state index contributed by atoms with van der Waals surface area (Å²) in [5.41, 5.74) is 2.07. The minimum atomic E-state index is -3.65. The van der Waals surface area contributed by atoms with Crippen LogP contribution in [0.2, 0.25) is 5.02 Å². The third-order valence-corrected chi connectivity index (χ3v) is 8.30. The molecule has 0 aliphatic carbocycles. The fourth-order valence-corrected chi connectivity index (χ4v) is 6.31. The van der Waals surface area contributed by atoms with E-state index in [0.717, 1.165) is 22.1 Å². The lowest BCUT2D eigenvalue weighted by atomic mass is 9.97. The topological polar surface area (TPSA) is 57.7 Å². The van der Waals surface area contributed by atoms with Gasteiger partial charge in [-0.3, -0.25) is 4.79 Å². The maximum absolute atomic E-state index is 13.4. The van der Waals surface area contributed by atoms with Gasteiger partial charge in [0.15, 0.2) is 0 Å². The standard InChI is InChI=1S/C21H22BrClN2O3S/c1-14-11-16-12-17(22)4-9-20(16)25(14)21(26)15-3-2-10-24(13-15)29(27,28)19-7-5-18(23)6-8-19/h4-9,12,14-15H,2-3,10-11,13H2,1H3/t14-,15-/m1/s1. The molecule has 0 spiro atoms. The Kier molecular flexibility index (Phi) is 5.77. The van der Waals surface area contributed by atoms with Crippen LogP contribution in [0.15, 0.2) is 51.8 Å². The fraction of sp³-hybridized carbons (Fsp3) is 0.381. The number of fused-ring (bicyclic) bond motifs is 1. The van der Waals surface area contributed by atoms with E-state index >= 15 is 0 Å². The summed E-state index contributed by atoms with van der Waals surface area (Å²) in [6.45, 7) is 2.67.